The smallest absolute Gasteiger partial charge is 0.272 e. The number of benzene rings is 1. The molecule has 7 heteroatoms. The fourth-order valence-electron chi connectivity index (χ4n) is 5.45. The van der Waals surface area contributed by atoms with Crippen LogP contribution in [-0.4, -0.2) is 51.1 Å². The van der Waals surface area contributed by atoms with Crippen LogP contribution >= 0.6 is 0 Å². The predicted octanol–water partition coefficient (Wildman–Crippen LogP) is 5.74. The minimum atomic E-state index is -0.280. The van der Waals surface area contributed by atoms with E-state index in [9.17, 15) is 4.79 Å². The first-order valence-electron chi connectivity index (χ1n) is 13.2. The Morgan fingerprint density at radius 2 is 1.83 bits per heavy atom. The number of halogens is 1. The highest BCUT2D eigenvalue weighted by Gasteiger charge is 2.26. The van der Waals surface area contributed by atoms with E-state index in [1.165, 1.54) is 0 Å². The lowest BCUT2D eigenvalue weighted by atomic mass is 10.1. The number of fused-ring (bicyclic) bond motifs is 1. The Bertz CT molecular complexity index is 1210. The van der Waals surface area contributed by atoms with Crippen LogP contribution < -0.4 is 4.90 Å². The molecule has 3 aromatic rings. The van der Waals surface area contributed by atoms with Crippen LogP contribution in [0.5, 0.6) is 0 Å². The van der Waals surface area contributed by atoms with Crippen molar-refractivity contribution in [3.63, 3.8) is 0 Å². The summed E-state index contributed by atoms with van der Waals surface area (Å²) in [6.45, 7) is 9.13. The largest absolute Gasteiger partial charge is 0.371 e. The minimum Gasteiger partial charge on any atom is -0.371 e. The van der Waals surface area contributed by atoms with Crippen molar-refractivity contribution in [2.24, 2.45) is 5.92 Å². The molecule has 0 aliphatic carbocycles. The fourth-order valence-corrected chi connectivity index (χ4v) is 5.45. The van der Waals surface area contributed by atoms with Crippen LogP contribution in [0.2, 0.25) is 0 Å². The molecule has 1 amide bonds. The van der Waals surface area contributed by atoms with Gasteiger partial charge in [0.25, 0.3) is 5.91 Å². The van der Waals surface area contributed by atoms with Gasteiger partial charge in [-0.3, -0.25) is 4.79 Å². The van der Waals surface area contributed by atoms with Crippen LogP contribution in [0.1, 0.15) is 75.5 Å². The number of carbonyl (C=O) groups excluding carboxylic acids is 1. The number of likely N-dealkylation sites (tertiary alicyclic amines) is 1. The Hall–Kier alpha value is -2.96. The van der Waals surface area contributed by atoms with Crippen LogP contribution in [0.15, 0.2) is 30.3 Å². The molecule has 35 heavy (non-hydrogen) atoms. The van der Waals surface area contributed by atoms with E-state index in [4.69, 9.17) is 10.1 Å². The quantitative estimate of drug-likeness (QED) is 0.470. The summed E-state index contributed by atoms with van der Waals surface area (Å²) >= 11 is 0. The van der Waals surface area contributed by atoms with Gasteiger partial charge in [0.1, 0.15) is 11.5 Å². The number of aromatic nitrogens is 3. The van der Waals surface area contributed by atoms with Gasteiger partial charge >= 0.3 is 0 Å². The lowest BCUT2D eigenvalue weighted by molar-refractivity contribution is 0.0691. The standard InChI is InChI=1S/C28H36FN5O/c1-19(2)15-22-17-26(28(35)33-14-6-4-5-9-20(33)3)30-27-18-25(31-34(22)27)23-11-10-21(16-24(23)29)32-12-7-8-13-32/h10-11,16-20H,4-9,12-15H2,1-3H3/t20-/m1/s1. The number of hydrogen-bond acceptors (Lipinski definition) is 4. The van der Waals surface area contributed by atoms with E-state index >= 15 is 4.39 Å². The second-order valence-corrected chi connectivity index (χ2v) is 10.6. The number of rotatable bonds is 5. The van der Waals surface area contributed by atoms with Gasteiger partial charge in [-0.25, -0.2) is 13.9 Å². The summed E-state index contributed by atoms with van der Waals surface area (Å²) in [7, 11) is 0. The molecule has 2 fully saturated rings. The van der Waals surface area contributed by atoms with Crippen molar-refractivity contribution in [1.82, 2.24) is 19.5 Å². The van der Waals surface area contributed by atoms with Gasteiger partial charge in [0.05, 0.1) is 5.69 Å². The molecule has 2 aliphatic rings. The van der Waals surface area contributed by atoms with E-state index in [2.05, 4.69) is 25.7 Å². The first-order valence-corrected chi connectivity index (χ1v) is 13.2. The molecule has 2 aliphatic heterocycles. The van der Waals surface area contributed by atoms with Gasteiger partial charge in [0.2, 0.25) is 0 Å². The molecule has 0 unspecified atom stereocenters. The second kappa shape index (κ2) is 9.96. The second-order valence-electron chi connectivity index (χ2n) is 10.6. The topological polar surface area (TPSA) is 53.7 Å². The first kappa shape index (κ1) is 23.8. The summed E-state index contributed by atoms with van der Waals surface area (Å²) in [6, 6.07) is 9.31. The Kier molecular flexibility index (Phi) is 6.76. The predicted molar refractivity (Wildman–Crippen MR) is 137 cm³/mol. The van der Waals surface area contributed by atoms with E-state index in [1.807, 2.05) is 23.1 Å². The molecule has 6 nitrogen and oxygen atoms in total. The van der Waals surface area contributed by atoms with Crippen molar-refractivity contribution >= 4 is 17.2 Å². The maximum Gasteiger partial charge on any atom is 0.272 e. The molecular formula is C28H36FN5O. The fraction of sp³-hybridized carbons (Fsp3) is 0.536. The molecule has 2 aromatic heterocycles. The summed E-state index contributed by atoms with van der Waals surface area (Å²) in [5.74, 6) is 0.0819. The highest BCUT2D eigenvalue weighted by Crippen LogP contribution is 2.29. The normalized spacial score (nSPS) is 19.1. The molecule has 186 valence electrons. The number of carbonyl (C=O) groups is 1. The van der Waals surface area contributed by atoms with Gasteiger partial charge < -0.3 is 9.80 Å². The number of hydrogen-bond donors (Lipinski definition) is 0. The third-order valence-corrected chi connectivity index (χ3v) is 7.35. The zero-order valence-corrected chi connectivity index (χ0v) is 21.1. The molecule has 1 atom stereocenters. The molecule has 0 radical (unpaired) electrons. The Morgan fingerprint density at radius 1 is 1.06 bits per heavy atom. The van der Waals surface area contributed by atoms with Gasteiger partial charge in [-0.1, -0.05) is 26.7 Å². The zero-order valence-electron chi connectivity index (χ0n) is 21.1. The summed E-state index contributed by atoms with van der Waals surface area (Å²) in [5, 5.41) is 4.74. The number of amides is 1. The zero-order chi connectivity index (χ0) is 24.5. The van der Waals surface area contributed by atoms with Crippen molar-refractivity contribution in [2.45, 2.75) is 71.8 Å². The van der Waals surface area contributed by atoms with Gasteiger partial charge in [-0.05, 0) is 69.2 Å². The summed E-state index contributed by atoms with van der Waals surface area (Å²) < 4.78 is 17.0. The molecule has 0 bridgehead atoms. The third kappa shape index (κ3) is 4.91. The number of anilines is 1. The molecule has 2 saturated heterocycles. The van der Waals surface area contributed by atoms with E-state index in [0.29, 0.717) is 28.5 Å². The average Bonchev–Trinajstić information content (AvgIpc) is 3.46. The van der Waals surface area contributed by atoms with Gasteiger partial charge in [-0.2, -0.15) is 5.10 Å². The van der Waals surface area contributed by atoms with Gasteiger partial charge in [0.15, 0.2) is 5.65 Å². The first-order chi connectivity index (χ1) is 16.9. The monoisotopic (exact) mass is 477 g/mol. The van der Waals surface area contributed by atoms with Crippen LogP contribution in [0.3, 0.4) is 0 Å². The average molecular weight is 478 g/mol. The maximum atomic E-state index is 15.2. The van der Waals surface area contributed by atoms with Crippen molar-refractivity contribution < 1.29 is 9.18 Å². The Morgan fingerprint density at radius 3 is 2.57 bits per heavy atom. The van der Waals surface area contributed by atoms with Crippen molar-refractivity contribution in [3.8, 4) is 11.3 Å². The summed E-state index contributed by atoms with van der Waals surface area (Å²) in [6.07, 6.45) is 7.43. The minimum absolute atomic E-state index is 0.0178. The SMILES string of the molecule is CC(C)Cc1cc(C(=O)N2CCCCC[C@H]2C)nc2cc(-c3ccc(N4CCCC4)cc3F)nn12. The van der Waals surface area contributed by atoms with E-state index < -0.39 is 0 Å². The Balaban J connectivity index is 1.52. The summed E-state index contributed by atoms with van der Waals surface area (Å²) in [5.41, 5.74) is 3.90. The van der Waals surface area contributed by atoms with E-state index in [1.54, 1.807) is 16.6 Å². The van der Waals surface area contributed by atoms with Crippen molar-refractivity contribution in [1.29, 1.82) is 0 Å². The van der Waals surface area contributed by atoms with Crippen LogP contribution in [0, 0.1) is 11.7 Å². The van der Waals surface area contributed by atoms with Gasteiger partial charge in [-0.15, -0.1) is 0 Å². The molecule has 0 spiro atoms. The molecule has 0 N–H and O–H groups in total. The van der Waals surface area contributed by atoms with E-state index in [0.717, 1.165) is 76.0 Å². The Labute approximate surface area is 207 Å². The molecule has 5 rings (SSSR count). The maximum absolute atomic E-state index is 15.2. The lowest BCUT2D eigenvalue weighted by Gasteiger charge is -2.27. The van der Waals surface area contributed by atoms with Crippen LogP contribution in [0.4, 0.5) is 10.1 Å². The van der Waals surface area contributed by atoms with Crippen LogP contribution in [0.25, 0.3) is 16.9 Å². The molecule has 1 aromatic carbocycles. The lowest BCUT2D eigenvalue weighted by Crippen LogP contribution is -2.38. The number of nitrogens with zero attached hydrogens (tertiary/aromatic N) is 5. The van der Waals surface area contributed by atoms with Crippen molar-refractivity contribution in [2.75, 3.05) is 24.5 Å². The molecule has 0 saturated carbocycles. The highest BCUT2D eigenvalue weighted by atomic mass is 19.1. The van der Waals surface area contributed by atoms with E-state index in [-0.39, 0.29) is 17.8 Å². The third-order valence-electron chi connectivity index (χ3n) is 7.35. The summed E-state index contributed by atoms with van der Waals surface area (Å²) in [4.78, 5) is 22.4. The van der Waals surface area contributed by atoms with Gasteiger partial charge in [0, 0.05) is 48.7 Å². The molecular weight excluding hydrogens is 441 g/mol. The van der Waals surface area contributed by atoms with Crippen LogP contribution in [-0.2, 0) is 6.42 Å². The molecule has 4 heterocycles. The highest BCUT2D eigenvalue weighted by molar-refractivity contribution is 5.93. The van der Waals surface area contributed by atoms with Crippen molar-refractivity contribution in [3.05, 3.63) is 47.5 Å².